The van der Waals surface area contributed by atoms with Crippen LogP contribution in [0.25, 0.3) is 10.8 Å². The van der Waals surface area contributed by atoms with Crippen molar-refractivity contribution in [3.63, 3.8) is 0 Å². The number of piperidine rings is 1. The van der Waals surface area contributed by atoms with Crippen molar-refractivity contribution in [2.24, 2.45) is 0 Å². The second-order valence-corrected chi connectivity index (χ2v) is 7.84. The van der Waals surface area contributed by atoms with E-state index < -0.39 is 0 Å². The molecule has 0 radical (unpaired) electrons. The molecule has 0 aromatic carbocycles. The monoisotopic (exact) mass is 359 g/mol. The number of hydrogen-bond acceptors (Lipinski definition) is 6. The molecule has 1 saturated heterocycles. The second-order valence-electron chi connectivity index (χ2n) is 5.86. The van der Waals surface area contributed by atoms with Crippen LogP contribution in [-0.4, -0.2) is 34.1 Å². The molecule has 1 fully saturated rings. The average molecular weight is 359 g/mol. The Balaban J connectivity index is 1.44. The molecule has 0 aliphatic carbocycles. The zero-order valence-electron chi connectivity index (χ0n) is 13.1. The molecule has 1 atom stereocenters. The molecule has 0 bridgehead atoms. The number of thiophene rings is 2. The quantitative estimate of drug-likeness (QED) is 0.711. The minimum Gasteiger partial charge on any atom is -0.420 e. The van der Waals surface area contributed by atoms with E-state index in [9.17, 15) is 4.79 Å². The van der Waals surface area contributed by atoms with Crippen LogP contribution in [0.3, 0.4) is 0 Å². The van der Waals surface area contributed by atoms with E-state index in [0.29, 0.717) is 24.7 Å². The van der Waals surface area contributed by atoms with Crippen molar-refractivity contribution in [2.45, 2.75) is 25.2 Å². The highest BCUT2D eigenvalue weighted by molar-refractivity contribution is 7.13. The Kier molecular flexibility index (Phi) is 4.44. The summed E-state index contributed by atoms with van der Waals surface area (Å²) in [5.74, 6) is 1.53. The van der Waals surface area contributed by atoms with E-state index in [1.54, 1.807) is 22.7 Å². The van der Waals surface area contributed by atoms with Crippen molar-refractivity contribution in [1.29, 1.82) is 0 Å². The van der Waals surface area contributed by atoms with Gasteiger partial charge in [0.1, 0.15) is 0 Å². The van der Waals surface area contributed by atoms with Crippen molar-refractivity contribution in [3.8, 4) is 10.8 Å². The summed E-state index contributed by atoms with van der Waals surface area (Å²) < 4.78 is 5.85. The molecular formula is C17H17N3O2S2. The van der Waals surface area contributed by atoms with Crippen molar-refractivity contribution < 1.29 is 9.21 Å². The molecule has 0 saturated carbocycles. The molecule has 1 aliphatic rings. The van der Waals surface area contributed by atoms with Crippen molar-refractivity contribution in [3.05, 3.63) is 45.8 Å². The van der Waals surface area contributed by atoms with Crippen LogP contribution in [0.4, 0.5) is 0 Å². The molecule has 0 spiro atoms. The number of carbonyl (C=O) groups is 1. The molecule has 5 nitrogen and oxygen atoms in total. The third kappa shape index (κ3) is 3.27. The van der Waals surface area contributed by atoms with E-state index in [1.165, 1.54) is 0 Å². The second kappa shape index (κ2) is 6.86. The maximum Gasteiger partial charge on any atom is 0.257 e. The van der Waals surface area contributed by atoms with Crippen LogP contribution in [0.2, 0.25) is 0 Å². The maximum absolute atomic E-state index is 12.5. The summed E-state index contributed by atoms with van der Waals surface area (Å²) in [6.07, 6.45) is 2.43. The maximum atomic E-state index is 12.5. The Labute approximate surface area is 147 Å². The number of nitrogens with zero attached hydrogens (tertiary/aromatic N) is 3. The summed E-state index contributed by atoms with van der Waals surface area (Å²) in [6, 6.07) is 7.93. The molecule has 3 aromatic rings. The molecule has 3 aromatic heterocycles. The Bertz CT molecular complexity index is 796. The first-order valence-corrected chi connectivity index (χ1v) is 9.73. The molecule has 1 unspecified atom stereocenters. The summed E-state index contributed by atoms with van der Waals surface area (Å²) in [5, 5.41) is 12.4. The molecule has 0 N–H and O–H groups in total. The van der Waals surface area contributed by atoms with E-state index in [4.69, 9.17) is 4.42 Å². The molecular weight excluding hydrogens is 342 g/mol. The Hall–Kier alpha value is -1.99. The van der Waals surface area contributed by atoms with Crippen molar-refractivity contribution in [2.75, 3.05) is 13.1 Å². The van der Waals surface area contributed by atoms with E-state index in [1.807, 2.05) is 39.9 Å². The van der Waals surface area contributed by atoms with Gasteiger partial charge in [-0.25, -0.2) is 0 Å². The number of likely N-dealkylation sites (tertiary alicyclic amines) is 1. The third-order valence-corrected chi connectivity index (χ3v) is 5.94. The summed E-state index contributed by atoms with van der Waals surface area (Å²) in [5.41, 5.74) is 0. The van der Waals surface area contributed by atoms with Crippen LogP contribution in [0.15, 0.2) is 39.4 Å². The summed E-state index contributed by atoms with van der Waals surface area (Å²) >= 11 is 3.21. The van der Waals surface area contributed by atoms with Gasteiger partial charge in [0.05, 0.1) is 17.2 Å². The van der Waals surface area contributed by atoms with E-state index >= 15 is 0 Å². The normalized spacial score (nSPS) is 18.0. The van der Waals surface area contributed by atoms with Crippen LogP contribution < -0.4 is 0 Å². The topological polar surface area (TPSA) is 59.2 Å². The first-order valence-electron chi connectivity index (χ1n) is 7.97. The highest BCUT2D eigenvalue weighted by Gasteiger charge is 2.28. The van der Waals surface area contributed by atoms with Gasteiger partial charge in [0.15, 0.2) is 0 Å². The number of amides is 1. The zero-order chi connectivity index (χ0) is 16.4. The standard InChI is InChI=1S/C17H17N3O2S2/c21-15(10-13-5-2-8-23-13)20-7-1-4-12(11-20)16-18-19-17(22-16)14-6-3-9-24-14/h2-3,5-6,8-9,12H,1,4,7,10-11H2. The van der Waals surface area contributed by atoms with Gasteiger partial charge < -0.3 is 9.32 Å². The largest absolute Gasteiger partial charge is 0.420 e. The van der Waals surface area contributed by atoms with Gasteiger partial charge >= 0.3 is 0 Å². The van der Waals surface area contributed by atoms with Gasteiger partial charge in [0.25, 0.3) is 5.89 Å². The molecule has 24 heavy (non-hydrogen) atoms. The van der Waals surface area contributed by atoms with Crippen molar-refractivity contribution >= 4 is 28.6 Å². The molecule has 1 amide bonds. The van der Waals surface area contributed by atoms with Gasteiger partial charge in [-0.1, -0.05) is 12.1 Å². The SMILES string of the molecule is O=C(Cc1cccs1)N1CCCC(c2nnc(-c3cccs3)o2)C1. The van der Waals surface area contributed by atoms with Gasteiger partial charge in [0.2, 0.25) is 11.8 Å². The highest BCUT2D eigenvalue weighted by Crippen LogP contribution is 2.30. The highest BCUT2D eigenvalue weighted by atomic mass is 32.1. The lowest BCUT2D eigenvalue weighted by Gasteiger charge is -2.31. The summed E-state index contributed by atoms with van der Waals surface area (Å²) in [4.78, 5) is 16.5. The Morgan fingerprint density at radius 2 is 2.12 bits per heavy atom. The van der Waals surface area contributed by atoms with E-state index in [0.717, 1.165) is 29.1 Å². The molecule has 1 aliphatic heterocycles. The zero-order valence-corrected chi connectivity index (χ0v) is 14.7. The predicted molar refractivity (Wildman–Crippen MR) is 94.2 cm³/mol. The average Bonchev–Trinajstić information content (AvgIpc) is 3.36. The predicted octanol–water partition coefficient (Wildman–Crippen LogP) is 3.81. The Morgan fingerprint density at radius 3 is 2.92 bits per heavy atom. The number of aromatic nitrogens is 2. The Morgan fingerprint density at radius 1 is 1.25 bits per heavy atom. The van der Waals surface area contributed by atoms with Gasteiger partial charge in [-0.15, -0.1) is 32.9 Å². The van der Waals surface area contributed by atoms with Gasteiger partial charge in [-0.05, 0) is 35.7 Å². The van der Waals surface area contributed by atoms with Crippen LogP contribution in [0.1, 0.15) is 29.5 Å². The van der Waals surface area contributed by atoms with Crippen LogP contribution in [-0.2, 0) is 11.2 Å². The third-order valence-electron chi connectivity index (χ3n) is 4.20. The fourth-order valence-corrected chi connectivity index (χ4v) is 4.32. The summed E-state index contributed by atoms with van der Waals surface area (Å²) in [7, 11) is 0. The van der Waals surface area contributed by atoms with E-state index in [2.05, 4.69) is 10.2 Å². The summed E-state index contributed by atoms with van der Waals surface area (Å²) in [6.45, 7) is 1.48. The van der Waals surface area contributed by atoms with Crippen LogP contribution in [0, 0.1) is 0 Å². The molecule has 7 heteroatoms. The van der Waals surface area contributed by atoms with Crippen molar-refractivity contribution in [1.82, 2.24) is 15.1 Å². The molecule has 124 valence electrons. The first kappa shape index (κ1) is 15.5. The lowest BCUT2D eigenvalue weighted by Crippen LogP contribution is -2.39. The fourth-order valence-electron chi connectivity index (χ4n) is 2.98. The van der Waals surface area contributed by atoms with Gasteiger partial charge in [0, 0.05) is 18.0 Å². The number of carbonyl (C=O) groups excluding carboxylic acids is 1. The fraction of sp³-hybridized carbons (Fsp3) is 0.353. The number of hydrogen-bond donors (Lipinski definition) is 0. The molecule has 4 heterocycles. The number of rotatable bonds is 4. The van der Waals surface area contributed by atoms with E-state index in [-0.39, 0.29) is 11.8 Å². The minimum absolute atomic E-state index is 0.132. The smallest absolute Gasteiger partial charge is 0.257 e. The van der Waals surface area contributed by atoms with Crippen LogP contribution in [0.5, 0.6) is 0 Å². The lowest BCUT2D eigenvalue weighted by molar-refractivity contribution is -0.131. The van der Waals surface area contributed by atoms with Gasteiger partial charge in [-0.3, -0.25) is 4.79 Å². The lowest BCUT2D eigenvalue weighted by atomic mass is 9.97. The first-order chi connectivity index (χ1) is 11.8. The molecule has 4 rings (SSSR count). The minimum atomic E-state index is 0.132. The van der Waals surface area contributed by atoms with Crippen LogP contribution >= 0.6 is 22.7 Å². The van der Waals surface area contributed by atoms with Gasteiger partial charge in [-0.2, -0.15) is 0 Å².